The van der Waals surface area contributed by atoms with Crippen LogP contribution in [-0.4, -0.2) is 13.1 Å². The van der Waals surface area contributed by atoms with Crippen molar-refractivity contribution in [2.45, 2.75) is 25.6 Å². The minimum absolute atomic E-state index is 0.0757. The first-order valence-corrected chi connectivity index (χ1v) is 2.73. The van der Waals surface area contributed by atoms with Crippen LogP contribution in [-0.2, 0) is 0 Å². The Labute approximate surface area is 56.9 Å². The highest BCUT2D eigenvalue weighted by atomic mass is 14.5. The lowest BCUT2D eigenvalue weighted by atomic mass is 10.2. The largest absolute Gasteiger partial charge is 0.330 e. The number of rotatable bonds is 5. The van der Waals surface area contributed by atoms with E-state index in [0.717, 1.165) is 0 Å². The van der Waals surface area contributed by atoms with E-state index in [1.807, 2.05) is 0 Å². The minimum atomic E-state index is -1.47. The van der Waals surface area contributed by atoms with Gasteiger partial charge in [-0.15, -0.1) is 0 Å². The predicted octanol–water partition coefficient (Wildman–Crippen LogP) is 0.464. The van der Waals surface area contributed by atoms with Gasteiger partial charge in [0.15, 0.2) is 0 Å². The Morgan fingerprint density at radius 1 is 1.00 bits per heavy atom. The van der Waals surface area contributed by atoms with Crippen LogP contribution in [0, 0.1) is 0 Å². The lowest BCUT2D eigenvalue weighted by Gasteiger charge is -1.94. The van der Waals surface area contributed by atoms with Crippen LogP contribution in [0.5, 0.6) is 0 Å². The van der Waals surface area contributed by atoms with Crippen molar-refractivity contribution in [3.8, 4) is 0 Å². The van der Waals surface area contributed by atoms with E-state index < -0.39 is 12.7 Å². The Hall–Kier alpha value is -0.0800. The zero-order valence-corrected chi connectivity index (χ0v) is 4.98. The lowest BCUT2D eigenvalue weighted by Crippen LogP contribution is -2.00. The normalized spacial score (nSPS) is 20.8. The molecule has 2 nitrogen and oxygen atoms in total. The fourth-order valence-corrected chi connectivity index (χ4v) is 0.381. The summed E-state index contributed by atoms with van der Waals surface area (Å²) < 4.78 is 29.1. The van der Waals surface area contributed by atoms with Gasteiger partial charge in [0.05, 0.1) is 0 Å². The van der Waals surface area contributed by atoms with Crippen LogP contribution in [0.15, 0.2) is 0 Å². The van der Waals surface area contributed by atoms with Gasteiger partial charge in [0.2, 0.25) is 0 Å². The molecular weight excluding hydrogens is 100 g/mol. The van der Waals surface area contributed by atoms with Gasteiger partial charge in [0.25, 0.3) is 0 Å². The van der Waals surface area contributed by atoms with Crippen LogP contribution in [0.3, 0.4) is 0 Å². The molecule has 0 heterocycles. The van der Waals surface area contributed by atoms with Gasteiger partial charge < -0.3 is 11.5 Å². The van der Waals surface area contributed by atoms with Gasteiger partial charge in [-0.3, -0.25) is 0 Å². The van der Waals surface area contributed by atoms with E-state index in [-0.39, 0.29) is 25.9 Å². The van der Waals surface area contributed by atoms with E-state index in [9.17, 15) is 0 Å². The fourth-order valence-electron chi connectivity index (χ4n) is 0.381. The number of hydrogen-bond acceptors (Lipinski definition) is 2. The van der Waals surface area contributed by atoms with Gasteiger partial charge in [0.1, 0.15) is 0 Å². The van der Waals surface area contributed by atoms with Crippen molar-refractivity contribution in [3.05, 3.63) is 0 Å². The highest BCUT2D eigenvalue weighted by Crippen LogP contribution is 1.95. The van der Waals surface area contributed by atoms with Gasteiger partial charge in [-0.1, -0.05) is 12.8 Å². The third kappa shape index (κ3) is 5.92. The van der Waals surface area contributed by atoms with Gasteiger partial charge in [-0.2, -0.15) is 0 Å². The molecule has 0 saturated heterocycles. The molecule has 2 heteroatoms. The zero-order chi connectivity index (χ0) is 9.83. The Kier molecular flexibility index (Phi) is 2.75. The van der Waals surface area contributed by atoms with Crippen molar-refractivity contribution in [1.29, 1.82) is 0 Å². The molecule has 0 aromatic rings. The molecule has 50 valence electrons. The Balaban J connectivity index is 3.82. The van der Waals surface area contributed by atoms with Gasteiger partial charge in [-0.25, -0.2) is 0 Å². The monoisotopic (exact) mass is 120 g/mol. The Morgan fingerprint density at radius 3 is 1.62 bits per heavy atom. The standard InChI is InChI=1S/C6H16N2/c7-5-3-1-2-4-6-8/h1-8H2/i3D2,4D2. The van der Waals surface area contributed by atoms with Crippen molar-refractivity contribution in [2.24, 2.45) is 11.5 Å². The maximum atomic E-state index is 7.26. The first-order valence-electron chi connectivity index (χ1n) is 4.73. The van der Waals surface area contributed by atoms with Crippen LogP contribution in [0.4, 0.5) is 0 Å². The second-order valence-corrected chi connectivity index (χ2v) is 1.41. The molecule has 0 saturated carbocycles. The fraction of sp³-hybridized carbons (Fsp3) is 1.00. The van der Waals surface area contributed by atoms with E-state index >= 15 is 0 Å². The lowest BCUT2D eigenvalue weighted by molar-refractivity contribution is 0.653. The maximum Gasteiger partial charge on any atom is 0.0279 e. The van der Waals surface area contributed by atoms with Crippen LogP contribution >= 0.6 is 0 Å². The summed E-state index contributed by atoms with van der Waals surface area (Å²) in [4.78, 5) is 0. The van der Waals surface area contributed by atoms with Gasteiger partial charge in [-0.05, 0) is 25.8 Å². The van der Waals surface area contributed by atoms with E-state index in [0.29, 0.717) is 0 Å². The average molecular weight is 120 g/mol. The highest BCUT2D eigenvalue weighted by molar-refractivity contribution is 4.43. The summed E-state index contributed by atoms with van der Waals surface area (Å²) >= 11 is 0. The van der Waals surface area contributed by atoms with Crippen LogP contribution in [0.2, 0.25) is 0 Å². The van der Waals surface area contributed by atoms with E-state index in [1.54, 1.807) is 0 Å². The molecule has 0 aliphatic rings. The van der Waals surface area contributed by atoms with Crippen molar-refractivity contribution in [1.82, 2.24) is 0 Å². The molecule has 0 amide bonds. The van der Waals surface area contributed by atoms with Crippen LogP contribution in [0.1, 0.15) is 31.1 Å². The van der Waals surface area contributed by atoms with E-state index in [4.69, 9.17) is 17.0 Å². The maximum absolute atomic E-state index is 7.26. The molecule has 0 unspecified atom stereocenters. The molecule has 8 heavy (non-hydrogen) atoms. The molecule has 4 N–H and O–H groups in total. The molecule has 0 rings (SSSR count). The number of nitrogens with two attached hydrogens (primary N) is 2. The van der Waals surface area contributed by atoms with Crippen molar-refractivity contribution in [2.75, 3.05) is 13.1 Å². The molecule has 0 aliphatic heterocycles. The molecule has 0 fully saturated rings. The number of hydrogen-bond donors (Lipinski definition) is 2. The Bertz CT molecular complexity index is 122. The molecule has 0 aromatic carbocycles. The first kappa shape index (κ1) is 3.18. The second-order valence-electron chi connectivity index (χ2n) is 1.41. The summed E-state index contributed by atoms with van der Waals surface area (Å²) in [6.45, 7) is -0.151. The Morgan fingerprint density at radius 2 is 1.38 bits per heavy atom. The molecule has 0 atom stereocenters. The quantitative estimate of drug-likeness (QED) is 0.554. The smallest absolute Gasteiger partial charge is 0.0279 e. The summed E-state index contributed by atoms with van der Waals surface area (Å²) in [5, 5.41) is 0. The molecule has 0 aliphatic carbocycles. The summed E-state index contributed by atoms with van der Waals surface area (Å²) in [7, 11) is 0. The highest BCUT2D eigenvalue weighted by Gasteiger charge is 1.83. The van der Waals surface area contributed by atoms with Crippen molar-refractivity contribution >= 4 is 0 Å². The molecule has 0 radical (unpaired) electrons. The minimum Gasteiger partial charge on any atom is -0.330 e. The predicted molar refractivity (Wildman–Crippen MR) is 36.6 cm³/mol. The molecular formula is C6H16N2. The first-order chi connectivity index (χ1) is 5.33. The summed E-state index contributed by atoms with van der Waals surface area (Å²) in [5.41, 5.74) is 10.3. The topological polar surface area (TPSA) is 52.0 Å². The third-order valence-corrected chi connectivity index (χ3v) is 0.767. The molecule has 0 spiro atoms. The van der Waals surface area contributed by atoms with E-state index in [2.05, 4.69) is 0 Å². The van der Waals surface area contributed by atoms with Crippen molar-refractivity contribution < 1.29 is 5.48 Å². The van der Waals surface area contributed by atoms with E-state index in [1.165, 1.54) is 0 Å². The van der Waals surface area contributed by atoms with Gasteiger partial charge in [0, 0.05) is 5.48 Å². The molecule has 0 aromatic heterocycles. The average Bonchev–Trinajstić information content (AvgIpc) is 2.02. The zero-order valence-electron chi connectivity index (χ0n) is 8.98. The second kappa shape index (κ2) is 6.92. The summed E-state index contributed by atoms with van der Waals surface area (Å²) in [6, 6.07) is 0. The summed E-state index contributed by atoms with van der Waals surface area (Å²) in [6.07, 6.45) is -2.70. The van der Waals surface area contributed by atoms with Crippen LogP contribution < -0.4 is 11.5 Å². The van der Waals surface area contributed by atoms with Crippen molar-refractivity contribution in [3.63, 3.8) is 0 Å². The van der Waals surface area contributed by atoms with Crippen LogP contribution in [0.25, 0.3) is 0 Å². The SMILES string of the molecule is [2H]C([2H])(CN)CCC([2H])([2H])CN. The third-order valence-electron chi connectivity index (χ3n) is 0.767. The summed E-state index contributed by atoms with van der Waals surface area (Å²) in [5.74, 6) is 0. The van der Waals surface area contributed by atoms with Gasteiger partial charge >= 0.3 is 0 Å². The molecule has 0 bridgehead atoms.